The summed E-state index contributed by atoms with van der Waals surface area (Å²) in [6, 6.07) is 0.784. The van der Waals surface area contributed by atoms with Gasteiger partial charge in [0.1, 0.15) is 0 Å². The van der Waals surface area contributed by atoms with Crippen molar-refractivity contribution in [2.45, 2.75) is 65.6 Å². The van der Waals surface area contributed by atoms with Gasteiger partial charge in [0.05, 0.1) is 17.2 Å². The molecule has 23 heavy (non-hydrogen) atoms. The molecule has 1 N–H and O–H groups in total. The predicted molar refractivity (Wildman–Crippen MR) is 85.1 cm³/mol. The molecular weight excluding hydrogens is 300 g/mol. The molecule has 1 amide bonds. The van der Waals surface area contributed by atoms with Gasteiger partial charge < -0.3 is 10.0 Å². The lowest BCUT2D eigenvalue weighted by Crippen LogP contribution is -2.51. The fourth-order valence-corrected chi connectivity index (χ4v) is 3.49. The Hall–Kier alpha value is -1.49. The third kappa shape index (κ3) is 3.11. The maximum absolute atomic E-state index is 13.7. The van der Waals surface area contributed by atoms with E-state index in [1.54, 1.807) is 18.7 Å². The fourth-order valence-electron chi connectivity index (χ4n) is 3.49. The van der Waals surface area contributed by atoms with Crippen LogP contribution in [0.3, 0.4) is 0 Å². The van der Waals surface area contributed by atoms with Gasteiger partial charge in [-0.05, 0) is 51.2 Å². The van der Waals surface area contributed by atoms with Crippen molar-refractivity contribution >= 4 is 5.91 Å². The van der Waals surface area contributed by atoms with Gasteiger partial charge in [-0.25, -0.2) is 8.78 Å². The van der Waals surface area contributed by atoms with Crippen LogP contribution in [0.25, 0.3) is 0 Å². The number of fused-ring (bicyclic) bond motifs is 1. The van der Waals surface area contributed by atoms with Gasteiger partial charge in [-0.15, -0.1) is 0 Å². The number of hydrogen-bond acceptors (Lipinski definition) is 2. The van der Waals surface area contributed by atoms with E-state index in [1.807, 2.05) is 13.8 Å². The van der Waals surface area contributed by atoms with Gasteiger partial charge in [-0.2, -0.15) is 0 Å². The van der Waals surface area contributed by atoms with E-state index >= 15 is 0 Å². The second-order valence-electron chi connectivity index (χ2n) is 6.70. The molecule has 1 heterocycles. The minimum absolute atomic E-state index is 0.0581. The van der Waals surface area contributed by atoms with Crippen molar-refractivity contribution in [3.8, 4) is 0 Å². The topological polar surface area (TPSA) is 40.5 Å². The van der Waals surface area contributed by atoms with E-state index in [-0.39, 0.29) is 35.5 Å². The first-order valence-corrected chi connectivity index (χ1v) is 8.22. The Morgan fingerprint density at radius 1 is 1.30 bits per heavy atom. The van der Waals surface area contributed by atoms with Gasteiger partial charge in [-0.1, -0.05) is 13.8 Å². The van der Waals surface area contributed by atoms with Crippen molar-refractivity contribution in [3.63, 3.8) is 0 Å². The second kappa shape index (κ2) is 6.19. The summed E-state index contributed by atoms with van der Waals surface area (Å²) in [5.74, 6) is -1.93. The summed E-state index contributed by atoms with van der Waals surface area (Å²) < 4.78 is 27.2. The molecule has 1 fully saturated rings. The Morgan fingerprint density at radius 2 is 1.87 bits per heavy atom. The molecule has 1 saturated carbocycles. The van der Waals surface area contributed by atoms with Crippen LogP contribution in [0, 0.1) is 24.5 Å². The minimum Gasteiger partial charge on any atom is -0.388 e. The van der Waals surface area contributed by atoms with Gasteiger partial charge in [0.2, 0.25) is 0 Å². The molecule has 0 bridgehead atoms. The summed E-state index contributed by atoms with van der Waals surface area (Å²) in [6.45, 7) is 9.02. The average molecular weight is 325 g/mol. The van der Waals surface area contributed by atoms with Crippen LogP contribution >= 0.6 is 0 Å². The van der Waals surface area contributed by atoms with Crippen molar-refractivity contribution in [2.24, 2.45) is 5.92 Å². The molecule has 1 aromatic rings. The SMILES string of the molecule is CC.Cc1c(F)c(F)cc2c1C(=O)N(C(C1CC1)C(C)(C)O)C2. The fraction of sp³-hybridized carbons (Fsp3) is 0.611. The van der Waals surface area contributed by atoms with Crippen LogP contribution in [0.2, 0.25) is 0 Å². The van der Waals surface area contributed by atoms with Crippen LogP contribution < -0.4 is 0 Å². The van der Waals surface area contributed by atoms with Gasteiger partial charge >= 0.3 is 0 Å². The first-order chi connectivity index (χ1) is 10.7. The van der Waals surface area contributed by atoms with Crippen LogP contribution in [0.5, 0.6) is 0 Å². The summed E-state index contributed by atoms with van der Waals surface area (Å²) in [6.07, 6.45) is 1.94. The van der Waals surface area contributed by atoms with Crippen LogP contribution in [0.1, 0.15) is 62.0 Å². The standard InChI is InChI=1S/C16H19F2NO2.C2H6/c1-8-12-10(6-11(17)13(8)18)7-19(15(12)20)14(9-4-5-9)16(2,3)21;1-2/h6,9,14,21H,4-5,7H2,1-3H3;1-2H3. The summed E-state index contributed by atoms with van der Waals surface area (Å²) in [4.78, 5) is 14.2. The predicted octanol–water partition coefficient (Wildman–Crippen LogP) is 3.80. The Morgan fingerprint density at radius 3 is 2.35 bits per heavy atom. The number of hydrogen-bond donors (Lipinski definition) is 1. The third-order valence-corrected chi connectivity index (χ3v) is 4.48. The van der Waals surface area contributed by atoms with E-state index in [0.717, 1.165) is 18.9 Å². The third-order valence-electron chi connectivity index (χ3n) is 4.48. The molecule has 2 aliphatic rings. The van der Waals surface area contributed by atoms with Gasteiger partial charge in [0.15, 0.2) is 11.6 Å². The molecule has 1 aliphatic carbocycles. The molecule has 1 aliphatic heterocycles. The first kappa shape index (κ1) is 17.9. The number of halogens is 2. The van der Waals surface area contributed by atoms with Crippen LogP contribution in [-0.4, -0.2) is 27.6 Å². The highest BCUT2D eigenvalue weighted by molar-refractivity contribution is 6.00. The van der Waals surface area contributed by atoms with E-state index in [4.69, 9.17) is 0 Å². The molecule has 1 aromatic carbocycles. The molecule has 0 aromatic heterocycles. The van der Waals surface area contributed by atoms with Crippen molar-refractivity contribution in [1.82, 2.24) is 4.90 Å². The Kier molecular flexibility index (Phi) is 4.81. The molecule has 0 radical (unpaired) electrons. The zero-order valence-corrected chi connectivity index (χ0v) is 14.4. The average Bonchev–Trinajstić information content (AvgIpc) is 3.24. The number of aliphatic hydroxyl groups is 1. The minimum atomic E-state index is -1.04. The number of benzene rings is 1. The molecule has 0 spiro atoms. The zero-order chi connectivity index (χ0) is 17.5. The molecule has 3 nitrogen and oxygen atoms in total. The quantitative estimate of drug-likeness (QED) is 0.918. The van der Waals surface area contributed by atoms with Gasteiger partial charge in [0, 0.05) is 12.1 Å². The lowest BCUT2D eigenvalue weighted by atomic mass is 9.93. The second-order valence-corrected chi connectivity index (χ2v) is 6.70. The first-order valence-electron chi connectivity index (χ1n) is 8.22. The maximum Gasteiger partial charge on any atom is 0.255 e. The van der Waals surface area contributed by atoms with E-state index in [0.29, 0.717) is 5.56 Å². The Balaban J connectivity index is 0.000000924. The van der Waals surface area contributed by atoms with E-state index in [2.05, 4.69) is 0 Å². The van der Waals surface area contributed by atoms with Gasteiger partial charge in [0.25, 0.3) is 5.91 Å². The summed E-state index contributed by atoms with van der Waals surface area (Å²) in [5, 5.41) is 10.4. The monoisotopic (exact) mass is 325 g/mol. The summed E-state index contributed by atoms with van der Waals surface area (Å²) >= 11 is 0. The van der Waals surface area contributed by atoms with Crippen molar-refractivity contribution < 1.29 is 18.7 Å². The van der Waals surface area contributed by atoms with Crippen LogP contribution in [-0.2, 0) is 6.54 Å². The summed E-state index contributed by atoms with van der Waals surface area (Å²) in [5.41, 5.74) is -0.220. The number of carbonyl (C=O) groups excluding carboxylic acids is 1. The van der Waals surface area contributed by atoms with Crippen molar-refractivity contribution in [3.05, 3.63) is 34.4 Å². The number of amides is 1. The number of carbonyl (C=O) groups is 1. The number of rotatable bonds is 3. The lowest BCUT2D eigenvalue weighted by Gasteiger charge is -2.37. The van der Waals surface area contributed by atoms with E-state index in [1.165, 1.54) is 6.92 Å². The largest absolute Gasteiger partial charge is 0.388 e. The van der Waals surface area contributed by atoms with E-state index < -0.39 is 17.2 Å². The molecule has 1 atom stereocenters. The zero-order valence-electron chi connectivity index (χ0n) is 14.4. The molecule has 0 saturated heterocycles. The Bertz CT molecular complexity index is 618. The lowest BCUT2D eigenvalue weighted by molar-refractivity contribution is -0.0224. The van der Waals surface area contributed by atoms with Crippen LogP contribution in [0.15, 0.2) is 6.07 Å². The summed E-state index contributed by atoms with van der Waals surface area (Å²) in [7, 11) is 0. The number of nitrogens with zero attached hydrogens (tertiary/aromatic N) is 1. The highest BCUT2D eigenvalue weighted by atomic mass is 19.2. The Labute approximate surface area is 136 Å². The molecule has 128 valence electrons. The van der Waals surface area contributed by atoms with Crippen LogP contribution in [0.4, 0.5) is 8.78 Å². The highest BCUT2D eigenvalue weighted by Gasteiger charge is 2.48. The molecule has 5 heteroatoms. The van der Waals surface area contributed by atoms with E-state index in [9.17, 15) is 18.7 Å². The van der Waals surface area contributed by atoms with Gasteiger partial charge in [-0.3, -0.25) is 4.79 Å². The molecule has 1 unspecified atom stereocenters. The smallest absolute Gasteiger partial charge is 0.255 e. The van der Waals surface area contributed by atoms with Crippen molar-refractivity contribution in [1.29, 1.82) is 0 Å². The van der Waals surface area contributed by atoms with Crippen molar-refractivity contribution in [2.75, 3.05) is 0 Å². The normalized spacial score (nSPS) is 18.4. The highest BCUT2D eigenvalue weighted by Crippen LogP contribution is 2.43. The molecule has 3 rings (SSSR count). The molecular formula is C18H25F2NO2. The maximum atomic E-state index is 13.7.